The lowest BCUT2D eigenvalue weighted by atomic mass is 9.78. The van der Waals surface area contributed by atoms with Crippen molar-refractivity contribution in [3.63, 3.8) is 0 Å². The normalized spacial score (nSPS) is 22.8. The number of aromatic nitrogens is 1. The number of amides is 1. The highest BCUT2D eigenvalue weighted by Crippen LogP contribution is 2.36. The minimum Gasteiger partial charge on any atom is -0.475 e. The maximum Gasteiger partial charge on any atom is 0.256 e. The Kier molecular flexibility index (Phi) is 7.85. The molecule has 6 heteroatoms. The first kappa shape index (κ1) is 20.6. The van der Waals surface area contributed by atoms with Crippen LogP contribution in [0.5, 0.6) is 5.88 Å². The van der Waals surface area contributed by atoms with E-state index in [1.54, 1.807) is 13.2 Å². The number of aryl methyl sites for hydroxylation is 1. The molecule has 2 rings (SSSR count). The Labute approximate surface area is 156 Å². The average Bonchev–Trinajstić information content (AvgIpc) is 2.62. The van der Waals surface area contributed by atoms with Crippen molar-refractivity contribution in [1.82, 2.24) is 4.98 Å². The van der Waals surface area contributed by atoms with Gasteiger partial charge in [-0.25, -0.2) is 4.98 Å². The third-order valence-corrected chi connectivity index (χ3v) is 4.80. The van der Waals surface area contributed by atoms with Gasteiger partial charge in [0, 0.05) is 19.8 Å². The molecule has 0 bridgehead atoms. The highest BCUT2D eigenvalue weighted by molar-refractivity contribution is 5.97. The summed E-state index contributed by atoms with van der Waals surface area (Å²) in [4.78, 5) is 17.5. The second-order valence-electron chi connectivity index (χ2n) is 7.12. The molecule has 1 fully saturated rings. The molecule has 2 atom stereocenters. The Morgan fingerprint density at radius 1 is 1.35 bits per heavy atom. The summed E-state index contributed by atoms with van der Waals surface area (Å²) in [5, 5.41) is 3.04. The number of nitrogens with one attached hydrogen (secondary N) is 1. The van der Waals surface area contributed by atoms with Crippen LogP contribution in [0.25, 0.3) is 0 Å². The van der Waals surface area contributed by atoms with Gasteiger partial charge in [0.1, 0.15) is 12.2 Å². The predicted octanol–water partition coefficient (Wildman–Crippen LogP) is 3.73. The molecule has 1 heterocycles. The first-order valence-electron chi connectivity index (χ1n) is 9.55. The van der Waals surface area contributed by atoms with Gasteiger partial charge in [0.15, 0.2) is 0 Å². The molecule has 1 N–H and O–H groups in total. The van der Waals surface area contributed by atoms with E-state index in [9.17, 15) is 4.79 Å². The molecule has 0 radical (unpaired) electrons. The molecular weight excluding hydrogens is 332 g/mol. The number of methoxy groups -OCH3 is 1. The van der Waals surface area contributed by atoms with E-state index in [4.69, 9.17) is 14.2 Å². The fourth-order valence-corrected chi connectivity index (χ4v) is 3.42. The molecule has 0 spiro atoms. The number of nitrogens with zero attached hydrogens (tertiary/aromatic N) is 1. The molecule has 1 saturated carbocycles. The number of carbonyl (C=O) groups excluding carboxylic acids is 1. The number of pyridine rings is 1. The minimum atomic E-state index is -0.728. The van der Waals surface area contributed by atoms with Crippen molar-refractivity contribution in [2.24, 2.45) is 5.92 Å². The van der Waals surface area contributed by atoms with E-state index >= 15 is 0 Å². The van der Waals surface area contributed by atoms with E-state index in [1.165, 1.54) is 0 Å². The SMILES string of the molecule is CCCO[C@]1(C(=O)Nc2ccc(OCCOC)nc2C)CCC[C@@H](C)C1. The van der Waals surface area contributed by atoms with Crippen LogP contribution in [-0.4, -0.2) is 43.4 Å². The van der Waals surface area contributed by atoms with Crippen molar-refractivity contribution in [2.75, 3.05) is 32.2 Å². The Hall–Kier alpha value is -1.66. The number of hydrogen-bond acceptors (Lipinski definition) is 5. The Morgan fingerprint density at radius 2 is 2.15 bits per heavy atom. The molecule has 1 aromatic rings. The van der Waals surface area contributed by atoms with Crippen LogP contribution in [-0.2, 0) is 14.3 Å². The van der Waals surface area contributed by atoms with Gasteiger partial charge in [0.2, 0.25) is 5.88 Å². The molecule has 146 valence electrons. The van der Waals surface area contributed by atoms with Gasteiger partial charge in [-0.15, -0.1) is 0 Å². The smallest absolute Gasteiger partial charge is 0.256 e. The van der Waals surface area contributed by atoms with Crippen LogP contribution in [0.1, 0.15) is 51.6 Å². The fraction of sp³-hybridized carbons (Fsp3) is 0.700. The molecule has 1 aliphatic carbocycles. The molecule has 1 amide bonds. The Balaban J connectivity index is 2.08. The lowest BCUT2D eigenvalue weighted by Crippen LogP contribution is -2.49. The fourth-order valence-electron chi connectivity index (χ4n) is 3.42. The molecule has 0 saturated heterocycles. The summed E-state index contributed by atoms with van der Waals surface area (Å²) in [6.07, 6.45) is 4.61. The van der Waals surface area contributed by atoms with Crippen LogP contribution in [0.15, 0.2) is 12.1 Å². The molecular formula is C20H32N2O4. The van der Waals surface area contributed by atoms with E-state index in [-0.39, 0.29) is 5.91 Å². The topological polar surface area (TPSA) is 69.7 Å². The maximum atomic E-state index is 13.1. The number of anilines is 1. The third kappa shape index (κ3) is 5.42. The highest BCUT2D eigenvalue weighted by atomic mass is 16.5. The lowest BCUT2D eigenvalue weighted by molar-refractivity contribution is -0.148. The van der Waals surface area contributed by atoms with Gasteiger partial charge in [-0.1, -0.05) is 20.3 Å². The van der Waals surface area contributed by atoms with Gasteiger partial charge in [-0.2, -0.15) is 0 Å². The van der Waals surface area contributed by atoms with Gasteiger partial charge in [-0.3, -0.25) is 4.79 Å². The minimum absolute atomic E-state index is 0.0598. The maximum absolute atomic E-state index is 13.1. The molecule has 0 aliphatic heterocycles. The largest absolute Gasteiger partial charge is 0.475 e. The van der Waals surface area contributed by atoms with E-state index in [2.05, 4.69) is 24.1 Å². The van der Waals surface area contributed by atoms with Crippen LogP contribution in [0, 0.1) is 12.8 Å². The van der Waals surface area contributed by atoms with Crippen LogP contribution < -0.4 is 10.1 Å². The van der Waals surface area contributed by atoms with Crippen LogP contribution in [0.3, 0.4) is 0 Å². The average molecular weight is 364 g/mol. The predicted molar refractivity (Wildman–Crippen MR) is 102 cm³/mol. The molecule has 0 unspecified atom stereocenters. The van der Waals surface area contributed by atoms with Gasteiger partial charge < -0.3 is 19.5 Å². The van der Waals surface area contributed by atoms with E-state index in [1.807, 2.05) is 13.0 Å². The highest BCUT2D eigenvalue weighted by Gasteiger charge is 2.42. The first-order valence-corrected chi connectivity index (χ1v) is 9.55. The summed E-state index contributed by atoms with van der Waals surface area (Å²) in [7, 11) is 1.63. The zero-order valence-electron chi connectivity index (χ0n) is 16.5. The summed E-state index contributed by atoms with van der Waals surface area (Å²) in [5.74, 6) is 0.957. The molecule has 1 aliphatic rings. The number of hydrogen-bond donors (Lipinski definition) is 1. The Morgan fingerprint density at radius 3 is 2.81 bits per heavy atom. The van der Waals surface area contributed by atoms with Crippen molar-refractivity contribution < 1.29 is 19.0 Å². The van der Waals surface area contributed by atoms with Gasteiger partial charge in [-0.05, 0) is 44.6 Å². The van der Waals surface area contributed by atoms with Gasteiger partial charge in [0.05, 0.1) is 18.0 Å². The summed E-state index contributed by atoms with van der Waals surface area (Å²) in [6, 6.07) is 3.60. The molecule has 1 aromatic heterocycles. The second-order valence-corrected chi connectivity index (χ2v) is 7.12. The number of rotatable bonds is 9. The molecule has 6 nitrogen and oxygen atoms in total. The van der Waals surface area contributed by atoms with E-state index in [0.717, 1.165) is 37.8 Å². The number of carbonyl (C=O) groups is 1. The standard InChI is InChI=1S/C20H32N2O4/c1-5-11-26-20(10-6-7-15(2)14-20)19(23)22-17-8-9-18(21-16(17)3)25-13-12-24-4/h8-9,15H,5-7,10-14H2,1-4H3,(H,22,23)/t15-,20-/m1/s1. The van der Waals surface area contributed by atoms with E-state index in [0.29, 0.717) is 37.3 Å². The lowest BCUT2D eigenvalue weighted by Gasteiger charge is -2.38. The van der Waals surface area contributed by atoms with Gasteiger partial charge >= 0.3 is 0 Å². The van der Waals surface area contributed by atoms with Crippen LogP contribution in [0.4, 0.5) is 5.69 Å². The molecule has 0 aromatic carbocycles. The van der Waals surface area contributed by atoms with Crippen molar-refractivity contribution in [3.05, 3.63) is 17.8 Å². The zero-order valence-corrected chi connectivity index (χ0v) is 16.5. The first-order chi connectivity index (χ1) is 12.5. The van der Waals surface area contributed by atoms with Crippen LogP contribution >= 0.6 is 0 Å². The zero-order chi connectivity index (χ0) is 19.0. The second kappa shape index (κ2) is 9.88. The summed E-state index contributed by atoms with van der Waals surface area (Å²) in [5.41, 5.74) is 0.697. The van der Waals surface area contributed by atoms with Crippen molar-refractivity contribution in [2.45, 2.75) is 58.5 Å². The third-order valence-electron chi connectivity index (χ3n) is 4.80. The van der Waals surface area contributed by atoms with Crippen molar-refractivity contribution >= 4 is 11.6 Å². The van der Waals surface area contributed by atoms with Crippen LogP contribution in [0.2, 0.25) is 0 Å². The summed E-state index contributed by atoms with van der Waals surface area (Å²) in [6.45, 7) is 7.67. The quantitative estimate of drug-likeness (QED) is 0.676. The summed E-state index contributed by atoms with van der Waals surface area (Å²) >= 11 is 0. The van der Waals surface area contributed by atoms with Crippen molar-refractivity contribution in [3.8, 4) is 5.88 Å². The van der Waals surface area contributed by atoms with E-state index < -0.39 is 5.60 Å². The summed E-state index contributed by atoms with van der Waals surface area (Å²) < 4.78 is 16.6. The number of ether oxygens (including phenoxy) is 3. The van der Waals surface area contributed by atoms with Gasteiger partial charge in [0.25, 0.3) is 5.91 Å². The monoisotopic (exact) mass is 364 g/mol. The van der Waals surface area contributed by atoms with Crippen molar-refractivity contribution in [1.29, 1.82) is 0 Å². The Bertz CT molecular complexity index is 593. The molecule has 26 heavy (non-hydrogen) atoms.